The standard InChI is InChI=1S/C32H44N2O2S/c1-3-5-7-9-10-13-17-26(16-12-8-6-4-2)24-36-29-22-20-27(21-23-29)30-25-37-32(33-30)34-31(35)28-18-14-11-15-19-28/h11,14-15,18-23,25-26H,3-10,12-13,16-17,24H2,1-2H3,(H,33,34,35). The summed E-state index contributed by atoms with van der Waals surface area (Å²) in [4.78, 5) is 17.0. The maximum atomic E-state index is 12.4. The van der Waals surface area contributed by atoms with Gasteiger partial charge < -0.3 is 4.74 Å². The van der Waals surface area contributed by atoms with Crippen LogP contribution in [0.2, 0.25) is 0 Å². The number of aromatic nitrogens is 1. The van der Waals surface area contributed by atoms with Crippen molar-refractivity contribution in [2.45, 2.75) is 90.9 Å². The number of anilines is 1. The van der Waals surface area contributed by atoms with Crippen LogP contribution in [-0.4, -0.2) is 17.5 Å². The molecule has 37 heavy (non-hydrogen) atoms. The molecule has 0 aliphatic heterocycles. The van der Waals surface area contributed by atoms with E-state index < -0.39 is 0 Å². The van der Waals surface area contributed by atoms with E-state index in [9.17, 15) is 4.79 Å². The van der Waals surface area contributed by atoms with Gasteiger partial charge >= 0.3 is 0 Å². The second-order valence-corrected chi connectivity index (χ2v) is 10.8. The van der Waals surface area contributed by atoms with Crippen molar-refractivity contribution < 1.29 is 9.53 Å². The maximum absolute atomic E-state index is 12.4. The number of nitrogens with one attached hydrogen (secondary N) is 1. The summed E-state index contributed by atoms with van der Waals surface area (Å²) in [5, 5.41) is 5.47. The number of unbranched alkanes of at least 4 members (excludes halogenated alkanes) is 8. The monoisotopic (exact) mass is 520 g/mol. The highest BCUT2D eigenvalue weighted by molar-refractivity contribution is 7.14. The van der Waals surface area contributed by atoms with Crippen molar-refractivity contribution in [2.75, 3.05) is 11.9 Å². The van der Waals surface area contributed by atoms with Gasteiger partial charge in [-0.25, -0.2) is 4.98 Å². The number of carbonyl (C=O) groups excluding carboxylic acids is 1. The van der Waals surface area contributed by atoms with Crippen molar-refractivity contribution in [3.8, 4) is 17.0 Å². The third-order valence-electron chi connectivity index (χ3n) is 6.83. The zero-order valence-corrected chi connectivity index (χ0v) is 23.5. The van der Waals surface area contributed by atoms with Gasteiger partial charge in [0.15, 0.2) is 5.13 Å². The number of hydrogen-bond donors (Lipinski definition) is 1. The van der Waals surface area contributed by atoms with Crippen molar-refractivity contribution in [1.29, 1.82) is 0 Å². The number of thiazole rings is 1. The molecule has 2 aromatic carbocycles. The third-order valence-corrected chi connectivity index (χ3v) is 7.59. The molecule has 1 heterocycles. The molecule has 0 fully saturated rings. The maximum Gasteiger partial charge on any atom is 0.257 e. The van der Waals surface area contributed by atoms with Crippen LogP contribution < -0.4 is 10.1 Å². The van der Waals surface area contributed by atoms with Crippen molar-refractivity contribution >= 4 is 22.4 Å². The van der Waals surface area contributed by atoms with Crippen molar-refractivity contribution in [1.82, 2.24) is 4.98 Å². The van der Waals surface area contributed by atoms with E-state index in [1.807, 2.05) is 35.7 Å². The van der Waals surface area contributed by atoms with Crippen LogP contribution in [0.1, 0.15) is 101 Å². The molecule has 1 aromatic heterocycles. The largest absolute Gasteiger partial charge is 0.493 e. The molecule has 0 radical (unpaired) electrons. The first-order chi connectivity index (χ1) is 18.2. The van der Waals surface area contributed by atoms with E-state index in [2.05, 4.69) is 36.3 Å². The third kappa shape index (κ3) is 10.7. The van der Waals surface area contributed by atoms with Gasteiger partial charge in [-0.3, -0.25) is 10.1 Å². The van der Waals surface area contributed by atoms with Gasteiger partial charge in [0.05, 0.1) is 12.3 Å². The molecule has 200 valence electrons. The fourth-order valence-corrected chi connectivity index (χ4v) is 5.26. The molecular formula is C32H44N2O2S. The Morgan fingerprint density at radius 1 is 0.838 bits per heavy atom. The second-order valence-electron chi connectivity index (χ2n) is 9.97. The molecule has 0 saturated carbocycles. The lowest BCUT2D eigenvalue weighted by Gasteiger charge is -2.18. The number of nitrogens with zero attached hydrogens (tertiary/aromatic N) is 1. The normalized spacial score (nSPS) is 11.8. The Morgan fingerprint density at radius 3 is 2.14 bits per heavy atom. The topological polar surface area (TPSA) is 51.2 Å². The van der Waals surface area contributed by atoms with Crippen LogP contribution in [0.5, 0.6) is 5.75 Å². The predicted octanol–water partition coefficient (Wildman–Crippen LogP) is 9.78. The van der Waals surface area contributed by atoms with Gasteiger partial charge in [0.1, 0.15) is 5.75 Å². The van der Waals surface area contributed by atoms with Crippen molar-refractivity contribution in [3.63, 3.8) is 0 Å². The van der Waals surface area contributed by atoms with Crippen LogP contribution in [0.4, 0.5) is 5.13 Å². The Kier molecular flexibility index (Phi) is 13.3. The van der Waals surface area contributed by atoms with E-state index in [0.717, 1.165) is 23.6 Å². The summed E-state index contributed by atoms with van der Waals surface area (Å²) >= 11 is 1.44. The molecule has 1 atom stereocenters. The smallest absolute Gasteiger partial charge is 0.257 e. The summed E-state index contributed by atoms with van der Waals surface area (Å²) in [6, 6.07) is 17.4. The Balaban J connectivity index is 1.48. The van der Waals surface area contributed by atoms with E-state index in [1.54, 1.807) is 12.1 Å². The van der Waals surface area contributed by atoms with Gasteiger partial charge in [-0.05, 0) is 55.2 Å². The molecule has 0 aliphatic rings. The van der Waals surface area contributed by atoms with E-state index in [1.165, 1.54) is 88.4 Å². The molecule has 5 heteroatoms. The molecule has 3 rings (SSSR count). The first-order valence-corrected chi connectivity index (χ1v) is 15.1. The number of ether oxygens (including phenoxy) is 1. The Labute approximate surface area is 227 Å². The van der Waals surface area contributed by atoms with Gasteiger partial charge in [0, 0.05) is 16.5 Å². The van der Waals surface area contributed by atoms with E-state index in [-0.39, 0.29) is 5.91 Å². The van der Waals surface area contributed by atoms with Gasteiger partial charge in [0.2, 0.25) is 0 Å². The van der Waals surface area contributed by atoms with Gasteiger partial charge in [0.25, 0.3) is 5.91 Å². The number of benzene rings is 2. The highest BCUT2D eigenvalue weighted by Crippen LogP contribution is 2.27. The predicted molar refractivity (Wildman–Crippen MR) is 158 cm³/mol. The highest BCUT2D eigenvalue weighted by atomic mass is 32.1. The first kappa shape index (κ1) is 28.9. The van der Waals surface area contributed by atoms with E-state index in [4.69, 9.17) is 4.74 Å². The zero-order chi connectivity index (χ0) is 26.1. The fraction of sp³-hybridized carbons (Fsp3) is 0.500. The minimum absolute atomic E-state index is 0.143. The van der Waals surface area contributed by atoms with E-state index in [0.29, 0.717) is 16.6 Å². The lowest BCUT2D eigenvalue weighted by Crippen LogP contribution is -2.12. The molecular weight excluding hydrogens is 476 g/mol. The van der Waals surface area contributed by atoms with Crippen LogP contribution in [0.15, 0.2) is 60.0 Å². The lowest BCUT2D eigenvalue weighted by atomic mass is 9.95. The summed E-state index contributed by atoms with van der Waals surface area (Å²) in [5.74, 6) is 1.41. The number of hydrogen-bond acceptors (Lipinski definition) is 4. The number of amides is 1. The van der Waals surface area contributed by atoms with Crippen LogP contribution in [0.3, 0.4) is 0 Å². The SMILES string of the molecule is CCCCCCCCC(CCCCCC)COc1ccc(-c2csc(NC(=O)c3ccccc3)n2)cc1. The van der Waals surface area contributed by atoms with Crippen LogP contribution >= 0.6 is 11.3 Å². The summed E-state index contributed by atoms with van der Waals surface area (Å²) < 4.78 is 6.24. The van der Waals surface area contributed by atoms with Crippen LogP contribution in [0.25, 0.3) is 11.3 Å². The quantitative estimate of drug-likeness (QED) is 0.170. The molecule has 3 aromatic rings. The molecule has 0 aliphatic carbocycles. The van der Waals surface area contributed by atoms with Gasteiger partial charge in [-0.15, -0.1) is 11.3 Å². The number of carbonyl (C=O) groups is 1. The van der Waals surface area contributed by atoms with Crippen molar-refractivity contribution in [3.05, 3.63) is 65.5 Å². The average Bonchev–Trinajstić information content (AvgIpc) is 3.40. The van der Waals surface area contributed by atoms with Crippen molar-refractivity contribution in [2.24, 2.45) is 5.92 Å². The average molecular weight is 521 g/mol. The second kappa shape index (κ2) is 17.0. The minimum Gasteiger partial charge on any atom is -0.493 e. The molecule has 4 nitrogen and oxygen atoms in total. The zero-order valence-electron chi connectivity index (χ0n) is 22.7. The Morgan fingerprint density at radius 2 is 1.46 bits per heavy atom. The Hall–Kier alpha value is -2.66. The lowest BCUT2D eigenvalue weighted by molar-refractivity contribution is 0.102. The molecule has 1 N–H and O–H groups in total. The van der Waals surface area contributed by atoms with Gasteiger partial charge in [-0.1, -0.05) is 96.3 Å². The summed E-state index contributed by atoms with van der Waals surface area (Å²) in [5.41, 5.74) is 2.50. The summed E-state index contributed by atoms with van der Waals surface area (Å²) in [6.07, 6.45) is 15.9. The minimum atomic E-state index is -0.143. The first-order valence-electron chi connectivity index (χ1n) is 14.2. The molecule has 1 unspecified atom stereocenters. The summed E-state index contributed by atoms with van der Waals surface area (Å²) in [6.45, 7) is 5.34. The number of rotatable bonds is 18. The molecule has 0 bridgehead atoms. The molecule has 1 amide bonds. The Bertz CT molecular complexity index is 1020. The van der Waals surface area contributed by atoms with Crippen LogP contribution in [0, 0.1) is 5.92 Å². The molecule has 0 spiro atoms. The summed E-state index contributed by atoms with van der Waals surface area (Å²) in [7, 11) is 0. The fourth-order valence-electron chi connectivity index (χ4n) is 4.54. The molecule has 0 saturated heterocycles. The van der Waals surface area contributed by atoms with E-state index >= 15 is 0 Å². The highest BCUT2D eigenvalue weighted by Gasteiger charge is 2.12. The van der Waals surface area contributed by atoms with Crippen LogP contribution in [-0.2, 0) is 0 Å². The van der Waals surface area contributed by atoms with Gasteiger partial charge in [-0.2, -0.15) is 0 Å².